The summed E-state index contributed by atoms with van der Waals surface area (Å²) in [6, 6.07) is 4.81. The fourth-order valence-corrected chi connectivity index (χ4v) is 2.14. The van der Waals surface area contributed by atoms with Gasteiger partial charge in [0.05, 0.1) is 18.6 Å². The molecule has 1 fully saturated rings. The largest absolute Gasteiger partial charge is 0.496 e. The van der Waals surface area contributed by atoms with Crippen molar-refractivity contribution in [3.05, 3.63) is 28.8 Å². The second-order valence-corrected chi connectivity index (χ2v) is 4.69. The zero-order valence-electron chi connectivity index (χ0n) is 9.31. The van der Waals surface area contributed by atoms with Crippen LogP contribution in [0.25, 0.3) is 0 Å². The number of hydrogen-bond acceptors (Lipinski definition) is 3. The van der Waals surface area contributed by atoms with E-state index in [1.54, 1.807) is 18.2 Å². The Morgan fingerprint density at radius 1 is 1.53 bits per heavy atom. The summed E-state index contributed by atoms with van der Waals surface area (Å²) in [4.78, 5) is 11.1. The first-order chi connectivity index (χ1) is 8.01. The predicted molar refractivity (Wildman–Crippen MR) is 62.3 cm³/mol. The Balaban J connectivity index is 2.40. The lowest BCUT2D eigenvalue weighted by molar-refractivity contribution is -0.148. The quantitative estimate of drug-likeness (QED) is 0.867. The lowest BCUT2D eigenvalue weighted by atomic mass is 9.92. The molecule has 92 valence electrons. The van der Waals surface area contributed by atoms with E-state index in [9.17, 15) is 9.90 Å². The molecule has 1 aliphatic rings. The maximum atomic E-state index is 11.1. The van der Waals surface area contributed by atoms with Crippen molar-refractivity contribution in [2.45, 2.75) is 18.9 Å². The summed E-state index contributed by atoms with van der Waals surface area (Å²) in [5, 5.41) is 19.8. The van der Waals surface area contributed by atoms with Gasteiger partial charge in [-0.2, -0.15) is 0 Å². The van der Waals surface area contributed by atoms with Crippen LogP contribution in [0.1, 0.15) is 24.5 Å². The van der Waals surface area contributed by atoms with E-state index >= 15 is 0 Å². The summed E-state index contributed by atoms with van der Waals surface area (Å²) in [6.07, 6.45) is -0.146. The Morgan fingerprint density at radius 2 is 2.18 bits per heavy atom. The van der Waals surface area contributed by atoms with Gasteiger partial charge in [-0.25, -0.2) is 0 Å². The Bertz CT molecular complexity index is 454. The maximum absolute atomic E-state index is 11.1. The molecule has 2 N–H and O–H groups in total. The Kier molecular flexibility index (Phi) is 3.02. The molecule has 0 radical (unpaired) electrons. The number of carboxylic acids is 1. The van der Waals surface area contributed by atoms with Crippen LogP contribution in [0, 0.1) is 5.41 Å². The fraction of sp³-hybridized carbons (Fsp3) is 0.417. The molecule has 1 saturated carbocycles. The summed E-state index contributed by atoms with van der Waals surface area (Å²) < 4.78 is 5.11. The van der Waals surface area contributed by atoms with Crippen LogP contribution in [0.3, 0.4) is 0 Å². The summed E-state index contributed by atoms with van der Waals surface area (Å²) >= 11 is 5.85. The number of methoxy groups -OCH3 is 1. The second-order valence-electron chi connectivity index (χ2n) is 4.25. The zero-order valence-corrected chi connectivity index (χ0v) is 10.1. The van der Waals surface area contributed by atoms with E-state index in [-0.39, 0.29) is 0 Å². The molecule has 0 heterocycles. The highest BCUT2D eigenvalue weighted by atomic mass is 35.5. The smallest absolute Gasteiger partial charge is 0.312 e. The molecule has 0 saturated heterocycles. The van der Waals surface area contributed by atoms with E-state index in [4.69, 9.17) is 21.4 Å². The molecule has 1 aliphatic carbocycles. The number of aliphatic carboxylic acids is 1. The standard InChI is InChI=1S/C12H13ClO4/c1-17-9-3-2-7(13)6-8(9)10(14)12(4-5-12)11(15)16/h2-3,6,10,14H,4-5H2,1H3,(H,15,16). The van der Waals surface area contributed by atoms with Crippen molar-refractivity contribution in [1.82, 2.24) is 0 Å². The molecule has 0 spiro atoms. The van der Waals surface area contributed by atoms with Crippen molar-refractivity contribution < 1.29 is 19.7 Å². The van der Waals surface area contributed by atoms with Gasteiger partial charge >= 0.3 is 5.97 Å². The molecular weight excluding hydrogens is 244 g/mol. The number of ether oxygens (including phenoxy) is 1. The molecule has 1 unspecified atom stereocenters. The molecule has 1 atom stereocenters. The molecule has 1 aromatic carbocycles. The summed E-state index contributed by atoms with van der Waals surface area (Å²) in [6.45, 7) is 0. The zero-order chi connectivity index (χ0) is 12.6. The van der Waals surface area contributed by atoms with Crippen molar-refractivity contribution in [2.75, 3.05) is 7.11 Å². The van der Waals surface area contributed by atoms with E-state index in [0.29, 0.717) is 29.2 Å². The Morgan fingerprint density at radius 3 is 2.65 bits per heavy atom. The first-order valence-corrected chi connectivity index (χ1v) is 5.64. The SMILES string of the molecule is COc1ccc(Cl)cc1C(O)C1(C(=O)O)CC1. The highest BCUT2D eigenvalue weighted by Gasteiger charge is 2.57. The lowest BCUT2D eigenvalue weighted by Gasteiger charge is -2.20. The number of hydrogen-bond donors (Lipinski definition) is 2. The number of carboxylic acid groups (broad SMARTS) is 1. The average molecular weight is 257 g/mol. The van der Waals surface area contributed by atoms with E-state index < -0.39 is 17.5 Å². The third kappa shape index (κ3) is 1.98. The molecule has 5 heteroatoms. The average Bonchev–Trinajstić information content (AvgIpc) is 3.09. The van der Waals surface area contributed by atoms with E-state index in [1.165, 1.54) is 7.11 Å². The molecule has 0 aromatic heterocycles. The number of aliphatic hydroxyl groups is 1. The number of aliphatic hydroxyl groups excluding tert-OH is 1. The predicted octanol–water partition coefficient (Wildman–Crippen LogP) is 2.25. The van der Waals surface area contributed by atoms with Gasteiger partial charge in [0.1, 0.15) is 5.75 Å². The molecule has 0 aliphatic heterocycles. The van der Waals surface area contributed by atoms with Crippen LogP contribution in [0.5, 0.6) is 5.75 Å². The monoisotopic (exact) mass is 256 g/mol. The molecule has 0 bridgehead atoms. The number of benzene rings is 1. The van der Waals surface area contributed by atoms with Gasteiger partial charge in [0.25, 0.3) is 0 Å². The van der Waals surface area contributed by atoms with E-state index in [1.807, 2.05) is 0 Å². The van der Waals surface area contributed by atoms with Gasteiger partial charge in [-0.15, -0.1) is 0 Å². The van der Waals surface area contributed by atoms with Crippen molar-refractivity contribution in [3.8, 4) is 5.75 Å². The number of carbonyl (C=O) groups is 1. The summed E-state index contributed by atoms with van der Waals surface area (Å²) in [5.74, 6) is -0.526. The minimum Gasteiger partial charge on any atom is -0.496 e. The van der Waals surface area contributed by atoms with Gasteiger partial charge in [0, 0.05) is 10.6 Å². The van der Waals surface area contributed by atoms with Crippen molar-refractivity contribution in [3.63, 3.8) is 0 Å². The normalized spacial score (nSPS) is 18.5. The third-order valence-corrected chi connectivity index (χ3v) is 3.46. The van der Waals surface area contributed by atoms with Crippen LogP contribution in [0.4, 0.5) is 0 Å². The van der Waals surface area contributed by atoms with Gasteiger partial charge < -0.3 is 14.9 Å². The molecular formula is C12H13ClO4. The molecule has 17 heavy (non-hydrogen) atoms. The van der Waals surface area contributed by atoms with Crippen LogP contribution < -0.4 is 4.74 Å². The van der Waals surface area contributed by atoms with Gasteiger partial charge in [-0.1, -0.05) is 11.6 Å². The fourth-order valence-electron chi connectivity index (χ4n) is 1.96. The van der Waals surface area contributed by atoms with Crippen LogP contribution in [0.2, 0.25) is 5.02 Å². The first kappa shape index (κ1) is 12.2. The number of rotatable bonds is 4. The van der Waals surface area contributed by atoms with Crippen LogP contribution in [-0.4, -0.2) is 23.3 Å². The minimum absolute atomic E-state index is 0.430. The van der Waals surface area contributed by atoms with Crippen molar-refractivity contribution in [1.29, 1.82) is 0 Å². The van der Waals surface area contributed by atoms with Gasteiger partial charge in [0.2, 0.25) is 0 Å². The van der Waals surface area contributed by atoms with Crippen LogP contribution >= 0.6 is 11.6 Å². The highest BCUT2D eigenvalue weighted by molar-refractivity contribution is 6.30. The minimum atomic E-state index is -1.09. The van der Waals surface area contributed by atoms with Crippen LogP contribution in [0.15, 0.2) is 18.2 Å². The van der Waals surface area contributed by atoms with Crippen LogP contribution in [-0.2, 0) is 4.79 Å². The van der Waals surface area contributed by atoms with Gasteiger partial charge in [-0.05, 0) is 31.0 Å². The number of halogens is 1. The topological polar surface area (TPSA) is 66.8 Å². The summed E-state index contributed by atoms with van der Waals surface area (Å²) in [5.41, 5.74) is -0.641. The maximum Gasteiger partial charge on any atom is 0.312 e. The van der Waals surface area contributed by atoms with Crippen molar-refractivity contribution >= 4 is 17.6 Å². The van der Waals surface area contributed by atoms with E-state index in [2.05, 4.69) is 0 Å². The first-order valence-electron chi connectivity index (χ1n) is 5.26. The molecule has 0 amide bonds. The lowest BCUT2D eigenvalue weighted by Crippen LogP contribution is -2.23. The third-order valence-electron chi connectivity index (χ3n) is 3.22. The second kappa shape index (κ2) is 4.20. The molecule has 4 nitrogen and oxygen atoms in total. The van der Waals surface area contributed by atoms with Crippen molar-refractivity contribution in [2.24, 2.45) is 5.41 Å². The van der Waals surface area contributed by atoms with Gasteiger partial charge in [0.15, 0.2) is 0 Å². The molecule has 2 rings (SSSR count). The molecule has 1 aromatic rings. The highest BCUT2D eigenvalue weighted by Crippen LogP contribution is 2.56. The summed E-state index contributed by atoms with van der Waals surface area (Å²) in [7, 11) is 1.47. The Hall–Kier alpha value is -1.26. The van der Waals surface area contributed by atoms with Gasteiger partial charge in [-0.3, -0.25) is 4.79 Å². The Labute approximate surface area is 104 Å². The van der Waals surface area contributed by atoms with E-state index in [0.717, 1.165) is 0 Å².